The molecule has 0 aliphatic carbocycles. The van der Waals surface area contributed by atoms with Crippen molar-refractivity contribution in [1.29, 1.82) is 0 Å². The normalized spacial score (nSPS) is 20.4. The first-order valence-electron chi connectivity index (χ1n) is 9.45. The summed E-state index contributed by atoms with van der Waals surface area (Å²) >= 11 is 0. The Bertz CT molecular complexity index is 803. The van der Waals surface area contributed by atoms with Gasteiger partial charge in [-0.25, -0.2) is 8.42 Å². The van der Waals surface area contributed by atoms with Crippen LogP contribution in [0.25, 0.3) is 0 Å². The molecule has 7 heteroatoms. The molecule has 0 saturated carbocycles. The molecule has 0 radical (unpaired) electrons. The summed E-state index contributed by atoms with van der Waals surface area (Å²) in [6, 6.07) is 8.34. The fourth-order valence-corrected chi connectivity index (χ4v) is 5.21. The van der Waals surface area contributed by atoms with Crippen molar-refractivity contribution in [2.45, 2.75) is 43.9 Å². The van der Waals surface area contributed by atoms with Crippen LogP contribution in [0, 0.1) is 0 Å². The second kappa shape index (κ2) is 9.28. The third kappa shape index (κ3) is 5.49. The van der Waals surface area contributed by atoms with Crippen molar-refractivity contribution in [1.82, 2.24) is 4.31 Å². The number of dihydropyridines is 1. The number of ether oxygens (including phenoxy) is 1. The molecule has 0 spiro atoms. The lowest BCUT2D eigenvalue weighted by Gasteiger charge is -2.22. The number of benzene rings is 1. The lowest BCUT2D eigenvalue weighted by molar-refractivity contribution is -0.147. The molecule has 27 heavy (non-hydrogen) atoms. The Kier molecular flexibility index (Phi) is 6.79. The van der Waals surface area contributed by atoms with E-state index in [9.17, 15) is 13.2 Å². The Morgan fingerprint density at radius 2 is 2.07 bits per heavy atom. The Hall–Kier alpha value is -1.99. The Morgan fingerprint density at radius 3 is 2.81 bits per heavy atom. The van der Waals surface area contributed by atoms with Gasteiger partial charge in [-0.2, -0.15) is 4.31 Å². The van der Waals surface area contributed by atoms with E-state index in [4.69, 9.17) is 4.74 Å². The molecular weight excluding hydrogens is 364 g/mol. The molecule has 3 rings (SSSR count). The van der Waals surface area contributed by atoms with Gasteiger partial charge in [0.15, 0.2) is 0 Å². The van der Waals surface area contributed by atoms with Crippen molar-refractivity contribution >= 4 is 22.2 Å². The molecule has 0 aromatic heterocycles. The molecule has 146 valence electrons. The van der Waals surface area contributed by atoms with E-state index in [0.717, 1.165) is 24.9 Å². The van der Waals surface area contributed by atoms with Crippen LogP contribution < -0.4 is 0 Å². The number of esters is 1. The Balaban J connectivity index is 1.51. The van der Waals surface area contributed by atoms with E-state index in [1.165, 1.54) is 9.88 Å². The summed E-state index contributed by atoms with van der Waals surface area (Å²) in [5.41, 5.74) is 1.89. The molecule has 1 saturated heterocycles. The number of hydrogen-bond donors (Lipinski definition) is 0. The quantitative estimate of drug-likeness (QED) is 0.505. The van der Waals surface area contributed by atoms with Crippen LogP contribution in [-0.2, 0) is 25.3 Å². The molecule has 2 aliphatic heterocycles. The molecule has 1 atom stereocenters. The van der Waals surface area contributed by atoms with Crippen LogP contribution in [0.3, 0.4) is 0 Å². The third-order valence-electron chi connectivity index (χ3n) is 4.80. The lowest BCUT2D eigenvalue weighted by Crippen LogP contribution is -2.42. The van der Waals surface area contributed by atoms with Crippen molar-refractivity contribution in [2.75, 3.05) is 19.7 Å². The lowest BCUT2D eigenvalue weighted by atomic mass is 10.1. The molecule has 1 unspecified atom stereocenters. The van der Waals surface area contributed by atoms with Gasteiger partial charge in [-0.1, -0.05) is 36.4 Å². The molecule has 0 amide bonds. The molecule has 1 fully saturated rings. The summed E-state index contributed by atoms with van der Waals surface area (Å²) in [5.74, 6) is -0.527. The maximum Gasteiger partial charge on any atom is 0.324 e. The van der Waals surface area contributed by atoms with E-state index in [-0.39, 0.29) is 5.75 Å². The van der Waals surface area contributed by atoms with Gasteiger partial charge in [-0.15, -0.1) is 0 Å². The first-order chi connectivity index (χ1) is 13.1. The highest BCUT2D eigenvalue weighted by Crippen LogP contribution is 2.24. The van der Waals surface area contributed by atoms with Crippen LogP contribution in [0.15, 0.2) is 47.0 Å². The van der Waals surface area contributed by atoms with Gasteiger partial charge in [0.25, 0.3) is 0 Å². The van der Waals surface area contributed by atoms with Gasteiger partial charge >= 0.3 is 5.97 Å². The summed E-state index contributed by atoms with van der Waals surface area (Å²) in [5, 5.41) is 0. The number of nitrogens with zero attached hydrogens (tertiary/aromatic N) is 2. The summed E-state index contributed by atoms with van der Waals surface area (Å²) in [4.78, 5) is 16.7. The fraction of sp³-hybridized carbons (Fsp3) is 0.500. The van der Waals surface area contributed by atoms with Crippen molar-refractivity contribution in [2.24, 2.45) is 4.99 Å². The van der Waals surface area contributed by atoms with Crippen LogP contribution in [-0.4, -0.2) is 50.6 Å². The van der Waals surface area contributed by atoms with Crippen molar-refractivity contribution < 1.29 is 17.9 Å². The topological polar surface area (TPSA) is 76.0 Å². The predicted octanol–water partition coefficient (Wildman–Crippen LogP) is 2.71. The summed E-state index contributed by atoms with van der Waals surface area (Å²) in [6.45, 7) is 1.51. The van der Waals surface area contributed by atoms with E-state index < -0.39 is 22.0 Å². The van der Waals surface area contributed by atoms with Gasteiger partial charge in [0.2, 0.25) is 10.0 Å². The zero-order valence-corrected chi connectivity index (χ0v) is 16.2. The molecule has 0 bridgehead atoms. The fourth-order valence-electron chi connectivity index (χ4n) is 3.45. The first-order valence-corrected chi connectivity index (χ1v) is 11.1. The summed E-state index contributed by atoms with van der Waals surface area (Å²) in [6.07, 6.45) is 7.72. The second-order valence-electron chi connectivity index (χ2n) is 6.88. The van der Waals surface area contributed by atoms with Crippen molar-refractivity contribution in [3.63, 3.8) is 0 Å². The summed E-state index contributed by atoms with van der Waals surface area (Å²) < 4.78 is 32.2. The van der Waals surface area contributed by atoms with E-state index in [0.29, 0.717) is 32.4 Å². The van der Waals surface area contributed by atoms with Gasteiger partial charge in [0, 0.05) is 19.3 Å². The number of aliphatic imine (C=N–C) groups is 1. The standard InChI is InChI=1S/C20H26N2O4S/c23-20(26-14-6-10-17-9-4-12-21-15-17)19-11-5-13-22(19)27(24,25)16-18-7-2-1-3-8-18/h1-3,7-9,15,19H,4-6,10-14,16H2. The number of allylic oxidation sites excluding steroid dienone is 1. The van der Waals surface area contributed by atoms with Crippen LogP contribution in [0.1, 0.15) is 37.7 Å². The highest BCUT2D eigenvalue weighted by Gasteiger charge is 2.39. The molecule has 2 heterocycles. The van der Waals surface area contributed by atoms with Gasteiger partial charge < -0.3 is 4.74 Å². The number of rotatable bonds is 8. The zero-order valence-electron chi connectivity index (χ0n) is 15.4. The molecule has 1 aromatic carbocycles. The van der Waals surface area contributed by atoms with Crippen LogP contribution in [0.2, 0.25) is 0 Å². The number of carbonyl (C=O) groups is 1. The Labute approximate surface area is 161 Å². The minimum atomic E-state index is -3.55. The van der Waals surface area contributed by atoms with E-state index in [1.807, 2.05) is 24.4 Å². The molecule has 6 nitrogen and oxygen atoms in total. The number of hydrogen-bond acceptors (Lipinski definition) is 5. The smallest absolute Gasteiger partial charge is 0.324 e. The van der Waals surface area contributed by atoms with Gasteiger partial charge in [0.1, 0.15) is 6.04 Å². The van der Waals surface area contributed by atoms with Gasteiger partial charge in [-0.3, -0.25) is 9.79 Å². The van der Waals surface area contributed by atoms with Crippen molar-refractivity contribution in [3.8, 4) is 0 Å². The van der Waals surface area contributed by atoms with E-state index in [1.54, 1.807) is 12.1 Å². The largest absolute Gasteiger partial charge is 0.464 e. The van der Waals surface area contributed by atoms with Gasteiger partial charge in [0.05, 0.1) is 12.4 Å². The monoisotopic (exact) mass is 390 g/mol. The van der Waals surface area contributed by atoms with Crippen LogP contribution >= 0.6 is 0 Å². The molecule has 0 N–H and O–H groups in total. The number of sulfonamides is 1. The predicted molar refractivity (Wildman–Crippen MR) is 105 cm³/mol. The van der Waals surface area contributed by atoms with Crippen LogP contribution in [0.5, 0.6) is 0 Å². The Morgan fingerprint density at radius 1 is 1.26 bits per heavy atom. The average molecular weight is 391 g/mol. The van der Waals surface area contributed by atoms with E-state index >= 15 is 0 Å². The molecule has 2 aliphatic rings. The number of carbonyl (C=O) groups excluding carboxylic acids is 1. The zero-order chi connectivity index (χ0) is 19.1. The van der Waals surface area contributed by atoms with Crippen molar-refractivity contribution in [3.05, 3.63) is 47.5 Å². The molecule has 1 aromatic rings. The highest BCUT2D eigenvalue weighted by atomic mass is 32.2. The molecular formula is C20H26N2O4S. The maximum atomic E-state index is 12.7. The average Bonchev–Trinajstić information content (AvgIpc) is 3.17. The highest BCUT2D eigenvalue weighted by molar-refractivity contribution is 7.88. The minimum Gasteiger partial charge on any atom is -0.464 e. The SMILES string of the molecule is O=C(OCCCC1=CCCN=C1)C1CCCN1S(=O)(=O)Cc1ccccc1. The first kappa shape index (κ1) is 19.8. The maximum absolute atomic E-state index is 12.7. The third-order valence-corrected chi connectivity index (χ3v) is 6.65. The summed E-state index contributed by atoms with van der Waals surface area (Å²) in [7, 11) is -3.55. The van der Waals surface area contributed by atoms with E-state index in [2.05, 4.69) is 11.1 Å². The second-order valence-corrected chi connectivity index (χ2v) is 8.81. The van der Waals surface area contributed by atoms with Crippen LogP contribution in [0.4, 0.5) is 0 Å². The van der Waals surface area contributed by atoms with Gasteiger partial charge in [-0.05, 0) is 43.2 Å². The minimum absolute atomic E-state index is 0.0922.